The number of para-hydroxylation sites is 1. The highest BCUT2D eigenvalue weighted by molar-refractivity contribution is 5.98. The zero-order valence-corrected chi connectivity index (χ0v) is 15.9. The molecule has 0 aliphatic carbocycles. The van der Waals surface area contributed by atoms with Crippen LogP contribution in [0.1, 0.15) is 48.1 Å². The Bertz CT molecular complexity index is 798. The van der Waals surface area contributed by atoms with Crippen molar-refractivity contribution in [3.8, 4) is 5.69 Å². The van der Waals surface area contributed by atoms with E-state index in [9.17, 15) is 9.59 Å². The van der Waals surface area contributed by atoms with Gasteiger partial charge in [-0.2, -0.15) is 0 Å². The molecule has 1 heterocycles. The molecule has 0 saturated carbocycles. The van der Waals surface area contributed by atoms with E-state index in [4.69, 9.17) is 0 Å². The molecule has 25 heavy (non-hydrogen) atoms. The van der Waals surface area contributed by atoms with Crippen molar-refractivity contribution in [2.24, 2.45) is 0 Å². The Labute approximate surface area is 149 Å². The Balaban J connectivity index is 2.19. The predicted molar refractivity (Wildman–Crippen MR) is 100 cm³/mol. The Kier molecular flexibility index (Phi) is 5.36. The van der Waals surface area contributed by atoms with Crippen LogP contribution >= 0.6 is 0 Å². The molecule has 0 saturated heterocycles. The molecule has 0 radical (unpaired) electrons. The van der Waals surface area contributed by atoms with E-state index in [1.54, 1.807) is 0 Å². The molecule has 1 aromatic carbocycles. The van der Waals surface area contributed by atoms with Crippen molar-refractivity contribution in [2.75, 3.05) is 6.54 Å². The quantitative estimate of drug-likeness (QED) is 0.898. The molecule has 134 valence electrons. The lowest BCUT2D eigenvalue weighted by Gasteiger charge is -2.20. The molecule has 2 amide bonds. The minimum Gasteiger partial charge on any atom is -0.350 e. The van der Waals surface area contributed by atoms with E-state index in [0.29, 0.717) is 5.56 Å². The number of aromatic nitrogens is 1. The molecule has 5 nitrogen and oxygen atoms in total. The molecule has 0 spiro atoms. The zero-order valence-electron chi connectivity index (χ0n) is 15.9. The highest BCUT2D eigenvalue weighted by Crippen LogP contribution is 2.23. The van der Waals surface area contributed by atoms with Crippen molar-refractivity contribution in [1.29, 1.82) is 0 Å². The second kappa shape index (κ2) is 7.13. The summed E-state index contributed by atoms with van der Waals surface area (Å²) in [5, 5.41) is 5.54. The highest BCUT2D eigenvalue weighted by Gasteiger charge is 2.19. The van der Waals surface area contributed by atoms with Crippen LogP contribution in [-0.2, 0) is 4.79 Å². The summed E-state index contributed by atoms with van der Waals surface area (Å²) in [5.41, 5.74) is 4.31. The number of rotatable bonds is 4. The molecule has 0 bridgehead atoms. The molecule has 0 fully saturated rings. The van der Waals surface area contributed by atoms with Gasteiger partial charge in [0, 0.05) is 22.6 Å². The summed E-state index contributed by atoms with van der Waals surface area (Å²) < 4.78 is 2.07. The first kappa shape index (κ1) is 18.8. The van der Waals surface area contributed by atoms with E-state index in [0.717, 1.165) is 22.6 Å². The smallest absolute Gasteiger partial charge is 0.253 e. The van der Waals surface area contributed by atoms with Crippen LogP contribution in [0.15, 0.2) is 30.3 Å². The van der Waals surface area contributed by atoms with Crippen LogP contribution in [-0.4, -0.2) is 28.5 Å². The van der Waals surface area contributed by atoms with Crippen LogP contribution < -0.4 is 10.6 Å². The Morgan fingerprint density at radius 1 is 1.08 bits per heavy atom. The number of amides is 2. The van der Waals surface area contributed by atoms with E-state index in [-0.39, 0.29) is 23.9 Å². The number of nitrogens with one attached hydrogen (secondary N) is 2. The summed E-state index contributed by atoms with van der Waals surface area (Å²) in [6.45, 7) is 11.6. The fourth-order valence-electron chi connectivity index (χ4n) is 2.90. The van der Waals surface area contributed by atoms with Gasteiger partial charge in [0.05, 0.1) is 12.1 Å². The predicted octanol–water partition coefficient (Wildman–Crippen LogP) is 3.05. The summed E-state index contributed by atoms with van der Waals surface area (Å²) in [6.07, 6.45) is 0. The molecule has 0 atom stereocenters. The second-order valence-electron chi connectivity index (χ2n) is 7.39. The Morgan fingerprint density at radius 3 is 2.32 bits per heavy atom. The minimum atomic E-state index is -0.317. The van der Waals surface area contributed by atoms with Gasteiger partial charge in [0.2, 0.25) is 5.91 Å². The molecule has 0 aliphatic rings. The zero-order chi connectivity index (χ0) is 18.8. The average molecular weight is 341 g/mol. The van der Waals surface area contributed by atoms with E-state index < -0.39 is 0 Å². The third-order valence-corrected chi connectivity index (χ3v) is 3.96. The van der Waals surface area contributed by atoms with Gasteiger partial charge < -0.3 is 15.2 Å². The van der Waals surface area contributed by atoms with Crippen molar-refractivity contribution >= 4 is 11.8 Å². The third kappa shape index (κ3) is 4.50. The standard InChI is InChI=1S/C20H27N3O2/c1-13-9-7-8-10-17(13)23-14(2)11-16(15(23)3)19(25)21-12-18(24)22-20(4,5)6/h7-11H,12H2,1-6H3,(H,21,25)(H,22,24). The summed E-state index contributed by atoms with van der Waals surface area (Å²) in [7, 11) is 0. The SMILES string of the molecule is Cc1ccccc1-n1c(C)cc(C(=O)NCC(=O)NC(C)(C)C)c1C. The first-order chi connectivity index (χ1) is 11.6. The number of hydrogen-bond acceptors (Lipinski definition) is 2. The van der Waals surface area contributed by atoms with E-state index in [1.807, 2.05) is 71.9 Å². The van der Waals surface area contributed by atoms with Crippen molar-refractivity contribution in [2.45, 2.75) is 47.1 Å². The molecular weight excluding hydrogens is 314 g/mol. The number of carbonyl (C=O) groups is 2. The van der Waals surface area contributed by atoms with Crippen LogP contribution in [0.3, 0.4) is 0 Å². The van der Waals surface area contributed by atoms with Gasteiger partial charge in [0.25, 0.3) is 5.91 Å². The second-order valence-corrected chi connectivity index (χ2v) is 7.39. The van der Waals surface area contributed by atoms with Gasteiger partial charge in [-0.15, -0.1) is 0 Å². The molecule has 2 N–H and O–H groups in total. The normalized spacial score (nSPS) is 11.3. The largest absolute Gasteiger partial charge is 0.350 e. The van der Waals surface area contributed by atoms with Crippen molar-refractivity contribution < 1.29 is 9.59 Å². The monoisotopic (exact) mass is 341 g/mol. The van der Waals surface area contributed by atoms with E-state index in [2.05, 4.69) is 15.2 Å². The van der Waals surface area contributed by atoms with Crippen molar-refractivity contribution in [3.63, 3.8) is 0 Å². The number of nitrogens with zero attached hydrogens (tertiary/aromatic N) is 1. The van der Waals surface area contributed by atoms with Crippen LogP contribution in [0.2, 0.25) is 0 Å². The average Bonchev–Trinajstić information content (AvgIpc) is 2.79. The fourth-order valence-corrected chi connectivity index (χ4v) is 2.90. The third-order valence-electron chi connectivity index (χ3n) is 3.96. The fraction of sp³-hybridized carbons (Fsp3) is 0.400. The van der Waals surface area contributed by atoms with Gasteiger partial charge in [-0.1, -0.05) is 18.2 Å². The first-order valence-corrected chi connectivity index (χ1v) is 8.44. The van der Waals surface area contributed by atoms with Gasteiger partial charge >= 0.3 is 0 Å². The molecule has 2 rings (SSSR count). The lowest BCUT2D eigenvalue weighted by Crippen LogP contribution is -2.45. The maximum Gasteiger partial charge on any atom is 0.253 e. The number of benzene rings is 1. The summed E-state index contributed by atoms with van der Waals surface area (Å²) in [6, 6.07) is 9.92. The molecule has 5 heteroatoms. The van der Waals surface area contributed by atoms with Gasteiger partial charge in [-0.25, -0.2) is 0 Å². The lowest BCUT2D eigenvalue weighted by molar-refractivity contribution is -0.121. The number of hydrogen-bond donors (Lipinski definition) is 2. The topological polar surface area (TPSA) is 63.1 Å². The van der Waals surface area contributed by atoms with Crippen LogP contribution in [0.5, 0.6) is 0 Å². The van der Waals surface area contributed by atoms with Crippen molar-refractivity contribution in [1.82, 2.24) is 15.2 Å². The summed E-state index contributed by atoms with van der Waals surface area (Å²) in [4.78, 5) is 24.4. The van der Waals surface area contributed by atoms with E-state index in [1.165, 1.54) is 0 Å². The molecule has 1 aromatic heterocycles. The van der Waals surface area contributed by atoms with Gasteiger partial charge in [0.15, 0.2) is 0 Å². The molecule has 0 aliphatic heterocycles. The van der Waals surface area contributed by atoms with E-state index >= 15 is 0 Å². The first-order valence-electron chi connectivity index (χ1n) is 8.44. The Hall–Kier alpha value is -2.56. The number of aryl methyl sites for hydroxylation is 2. The van der Waals surface area contributed by atoms with Crippen LogP contribution in [0.4, 0.5) is 0 Å². The lowest BCUT2D eigenvalue weighted by atomic mass is 10.1. The molecule has 2 aromatic rings. The summed E-state index contributed by atoms with van der Waals surface area (Å²) >= 11 is 0. The van der Waals surface area contributed by atoms with Gasteiger partial charge in [-0.3, -0.25) is 9.59 Å². The maximum absolute atomic E-state index is 12.5. The molecular formula is C20H27N3O2. The molecule has 0 unspecified atom stereocenters. The van der Waals surface area contributed by atoms with Crippen LogP contribution in [0.25, 0.3) is 5.69 Å². The van der Waals surface area contributed by atoms with Gasteiger partial charge in [0.1, 0.15) is 0 Å². The van der Waals surface area contributed by atoms with Crippen LogP contribution in [0, 0.1) is 20.8 Å². The number of carbonyl (C=O) groups excluding carboxylic acids is 2. The Morgan fingerprint density at radius 2 is 1.72 bits per heavy atom. The minimum absolute atomic E-state index is 0.0376. The maximum atomic E-state index is 12.5. The van der Waals surface area contributed by atoms with Gasteiger partial charge in [-0.05, 0) is 59.2 Å². The summed E-state index contributed by atoms with van der Waals surface area (Å²) in [5.74, 6) is -0.439. The van der Waals surface area contributed by atoms with Crippen molar-refractivity contribution in [3.05, 3.63) is 52.8 Å². The highest BCUT2D eigenvalue weighted by atomic mass is 16.2.